The van der Waals surface area contributed by atoms with Gasteiger partial charge < -0.3 is 10.1 Å². The third kappa shape index (κ3) is 2.62. The Morgan fingerprint density at radius 3 is 2.85 bits per heavy atom. The predicted molar refractivity (Wildman–Crippen MR) is 69.2 cm³/mol. The number of methoxy groups -OCH3 is 1. The van der Waals surface area contributed by atoms with E-state index in [2.05, 4.69) is 15.6 Å². The fourth-order valence-corrected chi connectivity index (χ4v) is 1.96. The highest BCUT2D eigenvalue weighted by molar-refractivity contribution is 6.09. The molecular formula is C13H15F2N3O2. The molecular weight excluding hydrogens is 268 g/mol. The average molecular weight is 283 g/mol. The molecule has 1 heterocycles. The van der Waals surface area contributed by atoms with Gasteiger partial charge >= 0.3 is 0 Å². The number of hydrogen-bond donors (Lipinski definition) is 2. The quantitative estimate of drug-likeness (QED) is 0.807. The highest BCUT2D eigenvalue weighted by atomic mass is 19.1. The van der Waals surface area contributed by atoms with Gasteiger partial charge in [-0.05, 0) is 25.1 Å². The molecule has 0 spiro atoms. The Morgan fingerprint density at radius 1 is 1.40 bits per heavy atom. The lowest BCUT2D eigenvalue weighted by Gasteiger charge is -2.22. The number of nitrogens with zero attached hydrogens (tertiary/aromatic N) is 1. The van der Waals surface area contributed by atoms with Crippen LogP contribution in [0.3, 0.4) is 0 Å². The van der Waals surface area contributed by atoms with Crippen molar-refractivity contribution in [3.05, 3.63) is 35.4 Å². The Hall–Kier alpha value is -2.02. The third-order valence-corrected chi connectivity index (χ3v) is 3.09. The van der Waals surface area contributed by atoms with Gasteiger partial charge in [-0.1, -0.05) is 0 Å². The number of ether oxygens (including phenoxy) is 1. The zero-order valence-electron chi connectivity index (χ0n) is 11.2. The van der Waals surface area contributed by atoms with Crippen molar-refractivity contribution in [2.24, 2.45) is 4.99 Å². The second-order valence-electron chi connectivity index (χ2n) is 4.55. The number of hydrogen-bond acceptors (Lipinski definition) is 3. The van der Waals surface area contributed by atoms with Crippen LogP contribution in [0.5, 0.6) is 0 Å². The molecule has 0 saturated carbocycles. The predicted octanol–water partition coefficient (Wildman–Crippen LogP) is 0.902. The first-order chi connectivity index (χ1) is 9.47. The van der Waals surface area contributed by atoms with E-state index in [0.29, 0.717) is 13.2 Å². The van der Waals surface area contributed by atoms with Crippen molar-refractivity contribution in [1.82, 2.24) is 10.6 Å². The van der Waals surface area contributed by atoms with Gasteiger partial charge in [0.15, 0.2) is 5.96 Å². The van der Waals surface area contributed by atoms with Crippen LogP contribution in [0, 0.1) is 11.6 Å². The SMILES string of the molecule is COCCN=C1NC(=O)C(C)(c2cc(F)ccc2F)N1. The third-order valence-electron chi connectivity index (χ3n) is 3.09. The molecule has 20 heavy (non-hydrogen) atoms. The number of carbonyl (C=O) groups is 1. The summed E-state index contributed by atoms with van der Waals surface area (Å²) in [5.41, 5.74) is -1.45. The molecule has 1 atom stereocenters. The van der Waals surface area contributed by atoms with E-state index in [1.54, 1.807) is 0 Å². The van der Waals surface area contributed by atoms with Crippen LogP contribution in [0.4, 0.5) is 8.78 Å². The van der Waals surface area contributed by atoms with Gasteiger partial charge in [0.05, 0.1) is 13.2 Å². The number of rotatable bonds is 4. The Bertz CT molecular complexity index is 563. The maximum atomic E-state index is 13.8. The van der Waals surface area contributed by atoms with E-state index in [0.717, 1.165) is 18.2 Å². The number of aliphatic imine (C=N–C) groups is 1. The van der Waals surface area contributed by atoms with Crippen LogP contribution in [0.2, 0.25) is 0 Å². The number of nitrogens with one attached hydrogen (secondary N) is 2. The summed E-state index contributed by atoms with van der Waals surface area (Å²) in [5.74, 6) is -1.53. The fraction of sp³-hybridized carbons (Fsp3) is 0.385. The van der Waals surface area contributed by atoms with Gasteiger partial charge in [-0.2, -0.15) is 0 Å². The number of benzene rings is 1. The van der Waals surface area contributed by atoms with E-state index < -0.39 is 23.1 Å². The maximum absolute atomic E-state index is 13.8. The topological polar surface area (TPSA) is 62.7 Å². The van der Waals surface area contributed by atoms with Crippen molar-refractivity contribution in [3.8, 4) is 0 Å². The van der Waals surface area contributed by atoms with Crippen LogP contribution < -0.4 is 10.6 Å². The molecule has 2 rings (SSSR count). The van der Waals surface area contributed by atoms with Gasteiger partial charge in [0.2, 0.25) is 0 Å². The summed E-state index contributed by atoms with van der Waals surface area (Å²) in [6.45, 7) is 2.21. The molecule has 5 nitrogen and oxygen atoms in total. The van der Waals surface area contributed by atoms with Crippen molar-refractivity contribution in [2.75, 3.05) is 20.3 Å². The zero-order chi connectivity index (χ0) is 14.8. The lowest BCUT2D eigenvalue weighted by atomic mass is 9.92. The van der Waals surface area contributed by atoms with Gasteiger partial charge in [-0.25, -0.2) is 8.78 Å². The molecule has 7 heteroatoms. The Morgan fingerprint density at radius 2 is 2.15 bits per heavy atom. The van der Waals surface area contributed by atoms with Crippen LogP contribution in [-0.2, 0) is 15.1 Å². The molecule has 1 aromatic rings. The first-order valence-electron chi connectivity index (χ1n) is 6.06. The molecule has 1 aliphatic heterocycles. The van der Waals surface area contributed by atoms with E-state index in [1.807, 2.05) is 0 Å². The zero-order valence-corrected chi connectivity index (χ0v) is 11.2. The fourth-order valence-electron chi connectivity index (χ4n) is 1.96. The molecule has 108 valence electrons. The largest absolute Gasteiger partial charge is 0.383 e. The van der Waals surface area contributed by atoms with Gasteiger partial charge in [0.1, 0.15) is 17.2 Å². The number of amides is 1. The minimum atomic E-state index is -1.39. The van der Waals surface area contributed by atoms with Gasteiger partial charge in [0.25, 0.3) is 5.91 Å². The van der Waals surface area contributed by atoms with E-state index >= 15 is 0 Å². The summed E-state index contributed by atoms with van der Waals surface area (Å²) in [6.07, 6.45) is 0. The number of halogens is 2. The minimum Gasteiger partial charge on any atom is -0.383 e. The molecule has 1 aliphatic rings. The Kier molecular flexibility index (Phi) is 3.99. The molecule has 0 radical (unpaired) electrons. The maximum Gasteiger partial charge on any atom is 0.256 e. The molecule has 0 aliphatic carbocycles. The van der Waals surface area contributed by atoms with Crippen molar-refractivity contribution < 1.29 is 18.3 Å². The van der Waals surface area contributed by atoms with Crippen LogP contribution in [0.1, 0.15) is 12.5 Å². The highest BCUT2D eigenvalue weighted by Gasteiger charge is 2.44. The first-order valence-corrected chi connectivity index (χ1v) is 6.06. The number of carbonyl (C=O) groups excluding carboxylic acids is 1. The monoisotopic (exact) mass is 283 g/mol. The lowest BCUT2D eigenvalue weighted by Crippen LogP contribution is -2.41. The summed E-state index contributed by atoms with van der Waals surface area (Å²) < 4.78 is 31.9. The first kappa shape index (κ1) is 14.4. The van der Waals surface area contributed by atoms with Crippen molar-refractivity contribution in [1.29, 1.82) is 0 Å². The van der Waals surface area contributed by atoms with E-state index in [9.17, 15) is 13.6 Å². The molecule has 0 aromatic heterocycles. The number of guanidine groups is 1. The minimum absolute atomic E-state index is 0.0630. The average Bonchev–Trinajstić information content (AvgIpc) is 2.69. The van der Waals surface area contributed by atoms with Gasteiger partial charge in [0, 0.05) is 12.7 Å². The van der Waals surface area contributed by atoms with Gasteiger partial charge in [-0.3, -0.25) is 15.1 Å². The summed E-state index contributed by atoms with van der Waals surface area (Å²) in [7, 11) is 1.53. The Labute approximate surface area is 115 Å². The van der Waals surface area contributed by atoms with Crippen LogP contribution in [0.25, 0.3) is 0 Å². The molecule has 1 saturated heterocycles. The molecule has 2 N–H and O–H groups in total. The van der Waals surface area contributed by atoms with Crippen molar-refractivity contribution in [3.63, 3.8) is 0 Å². The standard InChI is InChI=1S/C13H15F2N3O2/c1-13(9-7-8(14)3-4-10(9)15)11(19)17-12(18-13)16-5-6-20-2/h3-4,7H,5-6H2,1-2H3,(H2,16,17,18,19). The summed E-state index contributed by atoms with van der Waals surface area (Å²) in [4.78, 5) is 16.1. The summed E-state index contributed by atoms with van der Waals surface area (Å²) in [6, 6.07) is 2.99. The second-order valence-corrected chi connectivity index (χ2v) is 4.55. The summed E-state index contributed by atoms with van der Waals surface area (Å²) >= 11 is 0. The lowest BCUT2D eigenvalue weighted by molar-refractivity contribution is -0.123. The molecule has 1 unspecified atom stereocenters. The van der Waals surface area contributed by atoms with E-state index in [4.69, 9.17) is 4.74 Å². The Balaban J connectivity index is 2.28. The molecule has 1 amide bonds. The highest BCUT2D eigenvalue weighted by Crippen LogP contribution is 2.27. The second kappa shape index (κ2) is 5.54. The van der Waals surface area contributed by atoms with Crippen LogP contribution >= 0.6 is 0 Å². The smallest absolute Gasteiger partial charge is 0.256 e. The van der Waals surface area contributed by atoms with Crippen molar-refractivity contribution >= 4 is 11.9 Å². The molecule has 1 fully saturated rings. The van der Waals surface area contributed by atoms with Gasteiger partial charge in [-0.15, -0.1) is 0 Å². The van der Waals surface area contributed by atoms with E-state index in [1.165, 1.54) is 14.0 Å². The van der Waals surface area contributed by atoms with Crippen LogP contribution in [-0.4, -0.2) is 32.1 Å². The normalized spacial score (nSPS) is 23.8. The molecule has 0 bridgehead atoms. The molecule has 1 aromatic carbocycles. The summed E-state index contributed by atoms with van der Waals surface area (Å²) in [5, 5.41) is 5.29. The van der Waals surface area contributed by atoms with Crippen molar-refractivity contribution in [2.45, 2.75) is 12.5 Å². The van der Waals surface area contributed by atoms with E-state index in [-0.39, 0.29) is 11.5 Å². The van der Waals surface area contributed by atoms with Crippen LogP contribution in [0.15, 0.2) is 23.2 Å².